The molecule has 0 spiro atoms. The van der Waals surface area contributed by atoms with Crippen molar-refractivity contribution in [1.29, 1.82) is 0 Å². The molecule has 0 amide bonds. The summed E-state index contributed by atoms with van der Waals surface area (Å²) in [5, 5.41) is 1.27. The van der Waals surface area contributed by atoms with Crippen molar-refractivity contribution >= 4 is 39.2 Å². The molecule has 1 aromatic heterocycles. The lowest BCUT2D eigenvalue weighted by atomic mass is 10.2. The number of nitrogens with zero attached hydrogens (tertiary/aromatic N) is 2. The molecule has 0 radical (unpaired) electrons. The molecule has 0 atom stereocenters. The molecule has 0 aliphatic heterocycles. The van der Waals surface area contributed by atoms with Crippen LogP contribution in [-0.4, -0.2) is 18.7 Å². The highest BCUT2D eigenvalue weighted by Gasteiger charge is 2.06. The molecular weight excluding hydrogens is 347 g/mol. The van der Waals surface area contributed by atoms with Crippen molar-refractivity contribution in [3.05, 3.63) is 58.3 Å². The van der Waals surface area contributed by atoms with Crippen molar-refractivity contribution in [1.82, 2.24) is 4.57 Å². The van der Waals surface area contributed by atoms with Crippen LogP contribution in [-0.2, 0) is 0 Å². The largest absolute Gasteiger partial charge is 0.378 e. The monoisotopic (exact) mass is 362 g/mol. The zero-order chi connectivity index (χ0) is 13.4. The third-order valence-electron chi connectivity index (χ3n) is 3.26. The topological polar surface area (TPSA) is 8.17 Å². The zero-order valence-corrected chi connectivity index (χ0v) is 13.1. The molecule has 0 aliphatic carbocycles. The number of hydrogen-bond donors (Lipinski definition) is 0. The number of rotatable bonds is 2. The molecule has 2 aromatic carbocycles. The van der Waals surface area contributed by atoms with Gasteiger partial charge >= 0.3 is 0 Å². The predicted octanol–water partition coefficient (Wildman–Crippen LogP) is 4.30. The molecule has 96 valence electrons. The van der Waals surface area contributed by atoms with E-state index < -0.39 is 0 Å². The van der Waals surface area contributed by atoms with Gasteiger partial charge in [0.15, 0.2) is 0 Å². The third kappa shape index (κ3) is 2.34. The summed E-state index contributed by atoms with van der Waals surface area (Å²) in [7, 11) is 4.14. The number of halogens is 1. The van der Waals surface area contributed by atoms with Crippen LogP contribution >= 0.6 is 22.6 Å². The maximum absolute atomic E-state index is 2.37. The Bertz CT molecular complexity index is 728. The van der Waals surface area contributed by atoms with Gasteiger partial charge in [-0.1, -0.05) is 18.2 Å². The van der Waals surface area contributed by atoms with Crippen molar-refractivity contribution in [2.24, 2.45) is 0 Å². The minimum Gasteiger partial charge on any atom is -0.378 e. The Hall–Kier alpha value is -1.49. The number of anilines is 1. The van der Waals surface area contributed by atoms with Crippen LogP contribution < -0.4 is 4.90 Å². The van der Waals surface area contributed by atoms with E-state index in [0.717, 1.165) is 0 Å². The van der Waals surface area contributed by atoms with Gasteiger partial charge in [-0.2, -0.15) is 0 Å². The summed E-state index contributed by atoms with van der Waals surface area (Å²) in [5.41, 5.74) is 3.67. The number of aromatic nitrogens is 1. The average molecular weight is 362 g/mol. The first-order chi connectivity index (χ1) is 9.15. The van der Waals surface area contributed by atoms with Crippen LogP contribution in [0.25, 0.3) is 16.6 Å². The van der Waals surface area contributed by atoms with E-state index >= 15 is 0 Å². The summed E-state index contributed by atoms with van der Waals surface area (Å²) >= 11 is 2.37. The molecule has 0 unspecified atom stereocenters. The normalized spacial score (nSPS) is 10.9. The molecule has 0 fully saturated rings. The second-order valence-corrected chi connectivity index (χ2v) is 6.05. The summed E-state index contributed by atoms with van der Waals surface area (Å²) < 4.78 is 3.49. The lowest BCUT2D eigenvalue weighted by molar-refractivity contribution is 1.09. The molecule has 0 saturated heterocycles. The lowest BCUT2D eigenvalue weighted by Crippen LogP contribution is -2.09. The fourth-order valence-corrected chi connectivity index (χ4v) is 2.90. The maximum atomic E-state index is 2.37. The third-order valence-corrected chi connectivity index (χ3v) is 3.88. The molecule has 3 aromatic rings. The van der Waals surface area contributed by atoms with Gasteiger partial charge in [-0.15, -0.1) is 0 Å². The Balaban J connectivity index is 2.21. The SMILES string of the molecule is CN(C)c1cc(I)cc(-n2ccc3ccccc32)c1. The number of para-hydroxylation sites is 1. The summed E-state index contributed by atoms with van der Waals surface area (Å²) in [6, 6.07) is 17.2. The molecule has 2 nitrogen and oxygen atoms in total. The number of fused-ring (bicyclic) bond motifs is 1. The van der Waals surface area contributed by atoms with Gasteiger partial charge in [-0.05, 0) is 58.3 Å². The minimum atomic E-state index is 1.21. The molecule has 0 bridgehead atoms. The summed E-state index contributed by atoms with van der Waals surface area (Å²) in [6.07, 6.45) is 2.13. The number of hydrogen-bond acceptors (Lipinski definition) is 1. The Morgan fingerprint density at radius 1 is 1.00 bits per heavy atom. The van der Waals surface area contributed by atoms with Crippen LogP contribution in [0.1, 0.15) is 0 Å². The first kappa shape index (κ1) is 12.5. The summed E-state index contributed by atoms with van der Waals surface area (Å²) in [4.78, 5) is 2.14. The van der Waals surface area contributed by atoms with E-state index in [0.29, 0.717) is 0 Å². The van der Waals surface area contributed by atoms with Gasteiger partial charge in [0, 0.05) is 35.2 Å². The number of benzene rings is 2. The van der Waals surface area contributed by atoms with Gasteiger partial charge in [0.25, 0.3) is 0 Å². The van der Waals surface area contributed by atoms with Gasteiger partial charge in [0.05, 0.1) is 5.52 Å². The summed E-state index contributed by atoms with van der Waals surface area (Å²) in [5.74, 6) is 0. The first-order valence-corrected chi connectivity index (χ1v) is 7.27. The van der Waals surface area contributed by atoms with E-state index in [9.17, 15) is 0 Å². The average Bonchev–Trinajstić information content (AvgIpc) is 2.81. The maximum Gasteiger partial charge on any atom is 0.0528 e. The van der Waals surface area contributed by atoms with Crippen LogP contribution in [0.3, 0.4) is 0 Å². The van der Waals surface area contributed by atoms with Crippen LogP contribution in [0, 0.1) is 3.57 Å². The second kappa shape index (κ2) is 4.89. The Morgan fingerprint density at radius 2 is 1.79 bits per heavy atom. The van der Waals surface area contributed by atoms with E-state index in [1.165, 1.54) is 25.8 Å². The zero-order valence-electron chi connectivity index (χ0n) is 11.0. The van der Waals surface area contributed by atoms with Crippen LogP contribution in [0.5, 0.6) is 0 Å². The second-order valence-electron chi connectivity index (χ2n) is 4.81. The van der Waals surface area contributed by atoms with Crippen LogP contribution in [0.15, 0.2) is 54.7 Å². The smallest absolute Gasteiger partial charge is 0.0528 e. The Labute approximate surface area is 126 Å². The molecule has 19 heavy (non-hydrogen) atoms. The fraction of sp³-hybridized carbons (Fsp3) is 0.125. The van der Waals surface area contributed by atoms with Gasteiger partial charge in [-0.25, -0.2) is 0 Å². The highest BCUT2D eigenvalue weighted by atomic mass is 127. The van der Waals surface area contributed by atoms with Gasteiger partial charge < -0.3 is 9.47 Å². The van der Waals surface area contributed by atoms with E-state index in [1.54, 1.807) is 0 Å². The van der Waals surface area contributed by atoms with Crippen LogP contribution in [0.4, 0.5) is 5.69 Å². The van der Waals surface area contributed by atoms with Crippen molar-refractivity contribution in [2.75, 3.05) is 19.0 Å². The minimum absolute atomic E-state index is 1.21. The molecule has 3 rings (SSSR count). The van der Waals surface area contributed by atoms with E-state index in [-0.39, 0.29) is 0 Å². The summed E-state index contributed by atoms with van der Waals surface area (Å²) in [6.45, 7) is 0. The first-order valence-electron chi connectivity index (χ1n) is 6.19. The van der Waals surface area contributed by atoms with Gasteiger partial charge in [0.1, 0.15) is 0 Å². The fourth-order valence-electron chi connectivity index (χ4n) is 2.26. The van der Waals surface area contributed by atoms with Gasteiger partial charge in [0.2, 0.25) is 0 Å². The van der Waals surface area contributed by atoms with Crippen molar-refractivity contribution in [2.45, 2.75) is 0 Å². The molecule has 0 saturated carbocycles. The van der Waals surface area contributed by atoms with E-state index in [2.05, 4.69) is 101 Å². The van der Waals surface area contributed by atoms with E-state index in [4.69, 9.17) is 0 Å². The Morgan fingerprint density at radius 3 is 2.58 bits per heavy atom. The molecule has 0 aliphatic rings. The van der Waals surface area contributed by atoms with Crippen molar-refractivity contribution in [3.8, 4) is 5.69 Å². The Kier molecular flexibility index (Phi) is 3.22. The molecular formula is C16H15IN2. The quantitative estimate of drug-likeness (QED) is 0.617. The van der Waals surface area contributed by atoms with Gasteiger partial charge in [-0.3, -0.25) is 0 Å². The van der Waals surface area contributed by atoms with E-state index in [1.807, 2.05) is 0 Å². The lowest BCUT2D eigenvalue weighted by Gasteiger charge is -2.15. The standard InChI is InChI=1S/C16H15IN2/c1-18(2)14-9-13(17)10-15(11-14)19-8-7-12-5-3-4-6-16(12)19/h3-11H,1-2H3. The van der Waals surface area contributed by atoms with Crippen molar-refractivity contribution in [3.63, 3.8) is 0 Å². The molecule has 1 heterocycles. The van der Waals surface area contributed by atoms with Crippen molar-refractivity contribution < 1.29 is 0 Å². The molecule has 0 N–H and O–H groups in total. The van der Waals surface area contributed by atoms with Crippen LogP contribution in [0.2, 0.25) is 0 Å². The highest BCUT2D eigenvalue weighted by Crippen LogP contribution is 2.25. The molecule has 3 heteroatoms. The predicted molar refractivity (Wildman–Crippen MR) is 90.3 cm³/mol. The highest BCUT2D eigenvalue weighted by molar-refractivity contribution is 14.1.